The second-order valence-electron chi connectivity index (χ2n) is 6.07. The minimum absolute atomic E-state index is 0.254. The predicted molar refractivity (Wildman–Crippen MR) is 101 cm³/mol. The molecule has 0 aliphatic heterocycles. The maximum absolute atomic E-state index is 6.14. The van der Waals surface area contributed by atoms with Crippen molar-refractivity contribution in [1.29, 1.82) is 0 Å². The maximum atomic E-state index is 6.14. The molecule has 0 spiro atoms. The number of hydrogen-bond acceptors (Lipinski definition) is 2. The van der Waals surface area contributed by atoms with E-state index in [0.29, 0.717) is 13.2 Å². The van der Waals surface area contributed by atoms with Crippen molar-refractivity contribution < 1.29 is 4.74 Å². The zero-order chi connectivity index (χ0) is 16.9. The number of aromatic nitrogens is 1. The number of hydrogen-bond donors (Lipinski definition) is 1. The van der Waals surface area contributed by atoms with E-state index >= 15 is 0 Å². The maximum Gasteiger partial charge on any atom is 0.122 e. The molecule has 0 aliphatic rings. The highest BCUT2D eigenvalue weighted by Crippen LogP contribution is 2.31. The normalized spacial score (nSPS) is 12.5. The summed E-state index contributed by atoms with van der Waals surface area (Å²) in [6, 6.07) is 16.9. The van der Waals surface area contributed by atoms with Crippen LogP contribution in [0.15, 0.2) is 54.7 Å². The zero-order valence-electron chi connectivity index (χ0n) is 14.5. The molecule has 3 heteroatoms. The third-order valence-corrected chi connectivity index (χ3v) is 4.62. The van der Waals surface area contributed by atoms with Crippen LogP contribution in [0.1, 0.15) is 30.9 Å². The third kappa shape index (κ3) is 3.17. The zero-order valence-corrected chi connectivity index (χ0v) is 14.5. The first kappa shape index (κ1) is 16.6. The first-order valence-electron chi connectivity index (χ1n) is 8.77. The second kappa shape index (κ2) is 7.54. The van der Waals surface area contributed by atoms with E-state index in [4.69, 9.17) is 10.5 Å². The topological polar surface area (TPSA) is 40.2 Å². The molecule has 126 valence electrons. The van der Waals surface area contributed by atoms with E-state index in [1.807, 2.05) is 19.1 Å². The molecule has 1 aromatic heterocycles. The molecule has 3 aromatic rings. The summed E-state index contributed by atoms with van der Waals surface area (Å²) in [6.45, 7) is 6.45. The molecule has 0 saturated carbocycles. The molecule has 0 radical (unpaired) electrons. The SMILES string of the molecule is CCOc1ccccc1C(CN)Cc1cn(CC)c2ccccc12. The van der Waals surface area contributed by atoms with Gasteiger partial charge in [0.25, 0.3) is 0 Å². The Morgan fingerprint density at radius 3 is 2.54 bits per heavy atom. The molecule has 1 unspecified atom stereocenters. The van der Waals surface area contributed by atoms with Gasteiger partial charge in [-0.15, -0.1) is 0 Å². The summed E-state index contributed by atoms with van der Waals surface area (Å²) in [7, 11) is 0. The van der Waals surface area contributed by atoms with E-state index in [1.54, 1.807) is 0 Å². The molecular formula is C21H26N2O. The highest BCUT2D eigenvalue weighted by molar-refractivity contribution is 5.84. The van der Waals surface area contributed by atoms with Gasteiger partial charge in [0, 0.05) is 29.6 Å². The van der Waals surface area contributed by atoms with Crippen molar-refractivity contribution in [3.63, 3.8) is 0 Å². The second-order valence-corrected chi connectivity index (χ2v) is 6.07. The van der Waals surface area contributed by atoms with E-state index in [2.05, 4.69) is 54.1 Å². The first-order valence-corrected chi connectivity index (χ1v) is 8.77. The first-order chi connectivity index (χ1) is 11.8. The van der Waals surface area contributed by atoms with Crippen LogP contribution in [-0.2, 0) is 13.0 Å². The van der Waals surface area contributed by atoms with E-state index in [1.165, 1.54) is 22.0 Å². The van der Waals surface area contributed by atoms with E-state index in [-0.39, 0.29) is 5.92 Å². The standard InChI is InChI=1S/C21H26N2O/c1-3-23-15-17(18-9-5-7-11-20(18)23)13-16(14-22)19-10-6-8-12-21(19)24-4-2/h5-12,15-16H,3-4,13-14,22H2,1-2H3. The van der Waals surface area contributed by atoms with Gasteiger partial charge in [0.1, 0.15) is 5.75 Å². The van der Waals surface area contributed by atoms with Gasteiger partial charge >= 0.3 is 0 Å². The molecule has 0 bridgehead atoms. The van der Waals surface area contributed by atoms with Crippen LogP contribution in [0.3, 0.4) is 0 Å². The monoisotopic (exact) mass is 322 g/mol. The van der Waals surface area contributed by atoms with Crippen LogP contribution < -0.4 is 10.5 Å². The summed E-state index contributed by atoms with van der Waals surface area (Å²) in [5.41, 5.74) is 9.99. The smallest absolute Gasteiger partial charge is 0.122 e. The van der Waals surface area contributed by atoms with Gasteiger partial charge < -0.3 is 15.0 Å². The predicted octanol–water partition coefficient (Wildman–Crippen LogP) is 4.34. The van der Waals surface area contributed by atoms with Gasteiger partial charge in [-0.2, -0.15) is 0 Å². The van der Waals surface area contributed by atoms with Gasteiger partial charge in [0.2, 0.25) is 0 Å². The molecule has 2 N–H and O–H groups in total. The van der Waals surface area contributed by atoms with E-state index < -0.39 is 0 Å². The fourth-order valence-corrected chi connectivity index (χ4v) is 3.44. The molecule has 1 heterocycles. The van der Waals surface area contributed by atoms with Crippen molar-refractivity contribution in [2.45, 2.75) is 32.7 Å². The van der Waals surface area contributed by atoms with Gasteiger partial charge in [0.05, 0.1) is 6.61 Å². The molecule has 0 amide bonds. The lowest BCUT2D eigenvalue weighted by molar-refractivity contribution is 0.334. The van der Waals surface area contributed by atoms with Crippen LogP contribution in [0, 0.1) is 0 Å². The minimum atomic E-state index is 0.254. The van der Waals surface area contributed by atoms with E-state index in [9.17, 15) is 0 Å². The number of benzene rings is 2. The lowest BCUT2D eigenvalue weighted by Crippen LogP contribution is -2.16. The number of nitrogens with zero attached hydrogens (tertiary/aromatic N) is 1. The Morgan fingerprint density at radius 2 is 1.79 bits per heavy atom. The lowest BCUT2D eigenvalue weighted by atomic mass is 9.91. The molecule has 24 heavy (non-hydrogen) atoms. The third-order valence-electron chi connectivity index (χ3n) is 4.62. The number of nitrogens with two attached hydrogens (primary N) is 1. The summed E-state index contributed by atoms with van der Waals surface area (Å²) in [4.78, 5) is 0. The van der Waals surface area contributed by atoms with Gasteiger partial charge in [-0.25, -0.2) is 0 Å². The fourth-order valence-electron chi connectivity index (χ4n) is 3.44. The van der Waals surface area contributed by atoms with Gasteiger partial charge in [-0.1, -0.05) is 36.4 Å². The van der Waals surface area contributed by atoms with Crippen molar-refractivity contribution >= 4 is 10.9 Å². The number of ether oxygens (including phenoxy) is 1. The molecule has 1 atom stereocenters. The Kier molecular flexibility index (Phi) is 5.21. The van der Waals surface area contributed by atoms with Crippen molar-refractivity contribution in [3.8, 4) is 5.75 Å². The van der Waals surface area contributed by atoms with Gasteiger partial charge in [-0.05, 0) is 50.1 Å². The van der Waals surface area contributed by atoms with Crippen LogP contribution in [0.2, 0.25) is 0 Å². The fraction of sp³-hybridized carbons (Fsp3) is 0.333. The van der Waals surface area contributed by atoms with Crippen LogP contribution in [-0.4, -0.2) is 17.7 Å². The van der Waals surface area contributed by atoms with Crippen molar-refractivity contribution in [2.24, 2.45) is 5.73 Å². The highest BCUT2D eigenvalue weighted by atomic mass is 16.5. The molecule has 0 fully saturated rings. The summed E-state index contributed by atoms with van der Waals surface area (Å²) in [5, 5.41) is 1.33. The quantitative estimate of drug-likeness (QED) is 0.702. The summed E-state index contributed by atoms with van der Waals surface area (Å²) < 4.78 is 8.12. The molecule has 0 saturated heterocycles. The number of rotatable bonds is 7. The molecule has 0 aliphatic carbocycles. The average Bonchev–Trinajstić information content (AvgIpc) is 2.98. The van der Waals surface area contributed by atoms with Gasteiger partial charge in [-0.3, -0.25) is 0 Å². The lowest BCUT2D eigenvalue weighted by Gasteiger charge is -2.18. The minimum Gasteiger partial charge on any atom is -0.494 e. The Bertz CT molecular complexity index is 806. The average molecular weight is 322 g/mol. The number of para-hydroxylation sites is 2. The van der Waals surface area contributed by atoms with Gasteiger partial charge in [0.15, 0.2) is 0 Å². The van der Waals surface area contributed by atoms with Crippen molar-refractivity contribution in [1.82, 2.24) is 4.57 Å². The van der Waals surface area contributed by atoms with Crippen LogP contribution in [0.4, 0.5) is 0 Å². The summed E-state index contributed by atoms with van der Waals surface area (Å²) >= 11 is 0. The number of fused-ring (bicyclic) bond motifs is 1. The molecule has 3 nitrogen and oxygen atoms in total. The molecule has 3 rings (SSSR count). The number of aryl methyl sites for hydroxylation is 1. The van der Waals surface area contributed by atoms with E-state index in [0.717, 1.165) is 18.7 Å². The Balaban J connectivity index is 1.97. The summed E-state index contributed by atoms with van der Waals surface area (Å²) in [5.74, 6) is 1.21. The van der Waals surface area contributed by atoms with Crippen LogP contribution in [0.5, 0.6) is 5.75 Å². The molecular weight excluding hydrogens is 296 g/mol. The largest absolute Gasteiger partial charge is 0.494 e. The van der Waals surface area contributed by atoms with Crippen molar-refractivity contribution in [3.05, 3.63) is 65.9 Å². The van der Waals surface area contributed by atoms with Crippen molar-refractivity contribution in [2.75, 3.05) is 13.2 Å². The Hall–Kier alpha value is -2.26. The Labute approximate surface area is 144 Å². The van der Waals surface area contributed by atoms with Crippen LogP contribution in [0.25, 0.3) is 10.9 Å². The Morgan fingerprint density at radius 1 is 1.04 bits per heavy atom. The highest BCUT2D eigenvalue weighted by Gasteiger charge is 2.18. The van der Waals surface area contributed by atoms with Crippen LogP contribution >= 0.6 is 0 Å². The summed E-state index contributed by atoms with van der Waals surface area (Å²) in [6.07, 6.45) is 3.20. The molecule has 2 aromatic carbocycles.